The molecule has 0 spiro atoms. The van der Waals surface area contributed by atoms with E-state index in [1.54, 1.807) is 12.1 Å². The summed E-state index contributed by atoms with van der Waals surface area (Å²) < 4.78 is 12.4. The van der Waals surface area contributed by atoms with Crippen molar-refractivity contribution in [3.05, 3.63) is 62.1 Å². The summed E-state index contributed by atoms with van der Waals surface area (Å²) in [4.78, 5) is 10.8. The monoisotopic (exact) mass is 344 g/mol. The fourth-order valence-corrected chi connectivity index (χ4v) is 3.58. The average Bonchev–Trinajstić information content (AvgIpc) is 2.37. The Labute approximate surface area is 133 Å². The molecule has 2 aromatic rings. The second kappa shape index (κ2) is 6.43. The minimum absolute atomic E-state index is 0.0550. The zero-order valence-corrected chi connectivity index (χ0v) is 12.9. The van der Waals surface area contributed by atoms with Crippen LogP contribution in [0.5, 0.6) is 0 Å². The maximum Gasteiger partial charge on any atom is 0.273 e. The first kappa shape index (κ1) is 15.8. The second-order valence-electron chi connectivity index (χ2n) is 4.21. The minimum atomic E-state index is -1.54. The molecule has 2 aromatic carbocycles. The van der Waals surface area contributed by atoms with Crippen molar-refractivity contribution < 1.29 is 9.13 Å². The quantitative estimate of drug-likeness (QED) is 0.519. The summed E-state index contributed by atoms with van der Waals surface area (Å²) in [6.07, 6.45) is 0. The third-order valence-corrected chi connectivity index (χ3v) is 4.81. The van der Waals surface area contributed by atoms with E-state index in [0.717, 1.165) is 0 Å². The molecule has 0 aromatic heterocycles. The Morgan fingerprint density at radius 2 is 1.90 bits per heavy atom. The standard InChI is InChI=1S/C13H10Cl2N2O3S/c14-9-1-3-12(17(18)19)8(5-9)7-21(20)13-4-2-10(16)6-11(13)15/h1-6H,7,16H2. The molecule has 2 rings (SSSR count). The van der Waals surface area contributed by atoms with Gasteiger partial charge in [-0.05, 0) is 30.3 Å². The highest BCUT2D eigenvalue weighted by molar-refractivity contribution is 7.84. The molecule has 0 aliphatic heterocycles. The van der Waals surface area contributed by atoms with Crippen molar-refractivity contribution >= 4 is 45.4 Å². The van der Waals surface area contributed by atoms with Crippen LogP contribution in [0.3, 0.4) is 0 Å². The van der Waals surface area contributed by atoms with Gasteiger partial charge >= 0.3 is 0 Å². The molecule has 110 valence electrons. The van der Waals surface area contributed by atoms with Gasteiger partial charge in [-0.2, -0.15) is 0 Å². The summed E-state index contributed by atoms with van der Waals surface area (Å²) in [5.74, 6) is -0.0550. The highest BCUT2D eigenvalue weighted by Crippen LogP contribution is 2.28. The molecule has 0 aliphatic carbocycles. The van der Waals surface area contributed by atoms with Gasteiger partial charge < -0.3 is 5.73 Å². The summed E-state index contributed by atoms with van der Waals surface area (Å²) >= 11 is 11.8. The van der Waals surface area contributed by atoms with Gasteiger partial charge in [0.2, 0.25) is 0 Å². The van der Waals surface area contributed by atoms with Gasteiger partial charge in [-0.25, -0.2) is 0 Å². The molecule has 0 amide bonds. The molecule has 0 saturated carbocycles. The van der Waals surface area contributed by atoms with Crippen molar-refractivity contribution in [2.45, 2.75) is 10.6 Å². The Bertz CT molecular complexity index is 737. The number of anilines is 1. The first-order valence-corrected chi connectivity index (χ1v) is 7.82. The third kappa shape index (κ3) is 3.72. The van der Waals surface area contributed by atoms with E-state index in [1.165, 1.54) is 24.3 Å². The molecule has 0 radical (unpaired) electrons. The van der Waals surface area contributed by atoms with Gasteiger partial charge in [-0.15, -0.1) is 0 Å². The van der Waals surface area contributed by atoms with Gasteiger partial charge in [-0.1, -0.05) is 23.2 Å². The molecule has 0 heterocycles. The van der Waals surface area contributed by atoms with Gasteiger partial charge in [0.05, 0.1) is 31.4 Å². The van der Waals surface area contributed by atoms with Crippen LogP contribution in [0.2, 0.25) is 10.0 Å². The summed E-state index contributed by atoms with van der Waals surface area (Å²) in [6, 6.07) is 8.75. The molecule has 21 heavy (non-hydrogen) atoms. The van der Waals surface area contributed by atoms with Crippen molar-refractivity contribution in [3.63, 3.8) is 0 Å². The molecule has 5 nitrogen and oxygen atoms in total. The van der Waals surface area contributed by atoms with Crippen LogP contribution >= 0.6 is 23.2 Å². The molecule has 0 bridgehead atoms. The van der Waals surface area contributed by atoms with Crippen molar-refractivity contribution in [1.29, 1.82) is 0 Å². The Morgan fingerprint density at radius 1 is 1.19 bits per heavy atom. The number of halogens is 2. The van der Waals surface area contributed by atoms with E-state index in [9.17, 15) is 14.3 Å². The molecule has 0 aliphatic rings. The highest BCUT2D eigenvalue weighted by atomic mass is 35.5. The lowest BCUT2D eigenvalue weighted by molar-refractivity contribution is -0.385. The SMILES string of the molecule is Nc1ccc(S(=O)Cc2cc(Cl)ccc2[N+](=O)[O-])c(Cl)c1. The van der Waals surface area contributed by atoms with Gasteiger partial charge in [0.15, 0.2) is 0 Å². The molecular weight excluding hydrogens is 335 g/mol. The number of nitrogens with two attached hydrogens (primary N) is 1. The Morgan fingerprint density at radius 3 is 2.52 bits per heavy atom. The highest BCUT2D eigenvalue weighted by Gasteiger charge is 2.18. The lowest BCUT2D eigenvalue weighted by atomic mass is 10.2. The number of nitro benzene ring substituents is 1. The first-order valence-electron chi connectivity index (χ1n) is 5.74. The molecule has 0 saturated heterocycles. The number of hydrogen-bond donors (Lipinski definition) is 1. The van der Waals surface area contributed by atoms with E-state index >= 15 is 0 Å². The van der Waals surface area contributed by atoms with Crippen LogP contribution in [0.4, 0.5) is 11.4 Å². The predicted octanol–water partition coefficient (Wildman–Crippen LogP) is 3.79. The average molecular weight is 345 g/mol. The molecule has 8 heteroatoms. The summed E-state index contributed by atoms with van der Waals surface area (Å²) in [6.45, 7) is 0. The zero-order valence-electron chi connectivity index (χ0n) is 10.6. The molecule has 2 N–H and O–H groups in total. The largest absolute Gasteiger partial charge is 0.399 e. The van der Waals surface area contributed by atoms with Crippen LogP contribution in [0.15, 0.2) is 41.3 Å². The number of nitrogen functional groups attached to an aromatic ring is 1. The maximum absolute atomic E-state index is 12.4. The van der Waals surface area contributed by atoms with E-state index in [2.05, 4.69) is 0 Å². The van der Waals surface area contributed by atoms with Crippen molar-refractivity contribution in [2.75, 3.05) is 5.73 Å². The van der Waals surface area contributed by atoms with Crippen molar-refractivity contribution in [1.82, 2.24) is 0 Å². The number of nitrogens with zero attached hydrogens (tertiary/aromatic N) is 1. The van der Waals surface area contributed by atoms with Crippen molar-refractivity contribution in [2.24, 2.45) is 0 Å². The van der Waals surface area contributed by atoms with Crippen molar-refractivity contribution in [3.8, 4) is 0 Å². The number of rotatable bonds is 4. The van der Waals surface area contributed by atoms with Crippen LogP contribution in [-0.4, -0.2) is 9.13 Å². The summed E-state index contributed by atoms with van der Waals surface area (Å²) in [5.41, 5.74) is 6.19. The number of benzene rings is 2. The van der Waals surface area contributed by atoms with E-state index in [0.29, 0.717) is 21.2 Å². The Balaban J connectivity index is 2.35. The number of nitro groups is 1. The van der Waals surface area contributed by atoms with Crippen LogP contribution in [0.1, 0.15) is 5.56 Å². The Kier molecular flexibility index (Phi) is 4.82. The topological polar surface area (TPSA) is 86.2 Å². The number of hydrogen-bond acceptors (Lipinski definition) is 4. The predicted molar refractivity (Wildman–Crippen MR) is 84.1 cm³/mol. The lowest BCUT2D eigenvalue weighted by Gasteiger charge is -2.07. The van der Waals surface area contributed by atoms with Gasteiger partial charge in [0, 0.05) is 22.3 Å². The fourth-order valence-electron chi connectivity index (χ4n) is 1.77. The van der Waals surface area contributed by atoms with E-state index in [1.807, 2.05) is 0 Å². The second-order valence-corrected chi connectivity index (χ2v) is 6.47. The van der Waals surface area contributed by atoms with E-state index < -0.39 is 15.7 Å². The zero-order chi connectivity index (χ0) is 15.6. The lowest BCUT2D eigenvalue weighted by Crippen LogP contribution is -2.02. The summed E-state index contributed by atoms with van der Waals surface area (Å²) in [5, 5.41) is 11.6. The van der Waals surface area contributed by atoms with Gasteiger partial charge in [0.1, 0.15) is 0 Å². The van der Waals surface area contributed by atoms with Crippen LogP contribution < -0.4 is 5.73 Å². The van der Waals surface area contributed by atoms with Gasteiger partial charge in [-0.3, -0.25) is 14.3 Å². The maximum atomic E-state index is 12.4. The van der Waals surface area contributed by atoms with E-state index in [4.69, 9.17) is 28.9 Å². The molecule has 0 fully saturated rings. The van der Waals surface area contributed by atoms with Crippen LogP contribution in [-0.2, 0) is 16.6 Å². The van der Waals surface area contributed by atoms with Crippen LogP contribution in [0, 0.1) is 10.1 Å². The minimum Gasteiger partial charge on any atom is -0.399 e. The Hall–Kier alpha value is -1.63. The first-order chi connectivity index (χ1) is 9.88. The fraction of sp³-hybridized carbons (Fsp3) is 0.0769. The normalized spacial score (nSPS) is 12.1. The third-order valence-electron chi connectivity index (χ3n) is 2.73. The van der Waals surface area contributed by atoms with E-state index in [-0.39, 0.29) is 16.5 Å². The summed E-state index contributed by atoms with van der Waals surface area (Å²) in [7, 11) is -1.54. The molecule has 1 atom stereocenters. The van der Waals surface area contributed by atoms with Gasteiger partial charge in [0.25, 0.3) is 5.69 Å². The smallest absolute Gasteiger partial charge is 0.273 e. The van der Waals surface area contributed by atoms with Crippen LogP contribution in [0.25, 0.3) is 0 Å². The molecule has 1 unspecified atom stereocenters. The molecular formula is C13H10Cl2N2O3S.